The number of hydrogen-bond donors (Lipinski definition) is 2. The molecule has 0 saturated carbocycles. The Kier molecular flexibility index (Phi) is 5.27. The van der Waals surface area contributed by atoms with Crippen LogP contribution in [-0.4, -0.2) is 21.7 Å². The second-order valence-electron chi connectivity index (χ2n) is 5.37. The van der Waals surface area contributed by atoms with E-state index >= 15 is 0 Å². The lowest BCUT2D eigenvalue weighted by molar-refractivity contribution is -0.385. The molecule has 0 radical (unpaired) electrons. The maximum atomic E-state index is 14.1. The van der Waals surface area contributed by atoms with Crippen LogP contribution in [0.3, 0.4) is 0 Å². The van der Waals surface area contributed by atoms with Crippen molar-refractivity contribution < 1.29 is 19.2 Å². The molecule has 0 aromatic heterocycles. The summed E-state index contributed by atoms with van der Waals surface area (Å²) in [5.74, 6) is -0.552. The topological polar surface area (TPSA) is 92.5 Å². The van der Waals surface area contributed by atoms with E-state index in [0.717, 1.165) is 6.07 Å². The summed E-state index contributed by atoms with van der Waals surface area (Å²) in [5, 5.41) is 22.0. The maximum Gasteiger partial charge on any atom is 0.405 e. The van der Waals surface area contributed by atoms with Crippen molar-refractivity contribution in [2.24, 2.45) is 0 Å². The van der Waals surface area contributed by atoms with E-state index in [0.29, 0.717) is 6.42 Å². The molecule has 8 heteroatoms. The number of hydrogen-bond acceptors (Lipinski definition) is 3. The van der Waals surface area contributed by atoms with Crippen LogP contribution in [0.25, 0.3) is 0 Å². The Balaban J connectivity index is 3.08. The molecule has 0 unspecified atom stereocenters. The number of nitrogens with one attached hydrogen (secondary N) is 1. The van der Waals surface area contributed by atoms with Gasteiger partial charge in [0, 0.05) is 17.2 Å². The van der Waals surface area contributed by atoms with E-state index in [9.17, 15) is 19.3 Å². The highest BCUT2D eigenvalue weighted by Crippen LogP contribution is 2.32. The minimum Gasteiger partial charge on any atom is -0.465 e. The first kappa shape index (κ1) is 17.4. The Labute approximate surface area is 129 Å². The van der Waals surface area contributed by atoms with Gasteiger partial charge in [0.05, 0.1) is 9.40 Å². The Morgan fingerprint density at radius 3 is 2.62 bits per heavy atom. The first-order valence-electron chi connectivity index (χ1n) is 6.18. The van der Waals surface area contributed by atoms with E-state index in [1.54, 1.807) is 13.8 Å². The summed E-state index contributed by atoms with van der Waals surface area (Å²) in [5.41, 5.74) is -0.452. The molecule has 0 heterocycles. The molecule has 0 fully saturated rings. The van der Waals surface area contributed by atoms with Crippen molar-refractivity contribution in [1.29, 1.82) is 0 Å². The Morgan fingerprint density at radius 1 is 1.57 bits per heavy atom. The van der Waals surface area contributed by atoms with Gasteiger partial charge in [0.2, 0.25) is 0 Å². The van der Waals surface area contributed by atoms with Crippen LogP contribution >= 0.6 is 15.9 Å². The van der Waals surface area contributed by atoms with Crippen LogP contribution in [0.5, 0.6) is 0 Å². The molecule has 0 aliphatic rings. The van der Waals surface area contributed by atoms with Crippen LogP contribution < -0.4 is 5.32 Å². The first-order chi connectivity index (χ1) is 9.55. The Hall–Kier alpha value is -1.70. The number of halogens is 2. The van der Waals surface area contributed by atoms with E-state index in [-0.39, 0.29) is 27.7 Å². The zero-order chi connectivity index (χ0) is 16.4. The van der Waals surface area contributed by atoms with Gasteiger partial charge in [-0.1, -0.05) is 0 Å². The van der Waals surface area contributed by atoms with E-state index in [4.69, 9.17) is 5.11 Å². The molecule has 1 aromatic rings. The molecule has 0 aliphatic heterocycles. The number of nitrogens with zero attached hydrogens (tertiary/aromatic N) is 1. The minimum absolute atomic E-state index is 0.0267. The van der Waals surface area contributed by atoms with Gasteiger partial charge in [-0.15, -0.1) is 0 Å². The molecular weight excluding hydrogens is 347 g/mol. The van der Waals surface area contributed by atoms with Crippen molar-refractivity contribution in [1.82, 2.24) is 5.32 Å². The standard InChI is InChI=1S/C13H16BrFN2O4/c1-7-8(4-5-13(2,3)16-12(18)19)11(15)9(14)6-10(7)17(20)21/h6,16H,4-5H2,1-3H3,(H,18,19). The van der Waals surface area contributed by atoms with Gasteiger partial charge in [0.25, 0.3) is 5.69 Å². The summed E-state index contributed by atoms with van der Waals surface area (Å²) in [7, 11) is 0. The molecule has 6 nitrogen and oxygen atoms in total. The summed E-state index contributed by atoms with van der Waals surface area (Å²) >= 11 is 2.97. The number of benzene rings is 1. The molecule has 0 aliphatic carbocycles. The van der Waals surface area contributed by atoms with Gasteiger partial charge in [-0.3, -0.25) is 10.1 Å². The van der Waals surface area contributed by atoms with Crippen molar-refractivity contribution in [3.8, 4) is 0 Å². The minimum atomic E-state index is -1.17. The molecule has 0 spiro atoms. The second kappa shape index (κ2) is 6.38. The molecule has 1 aromatic carbocycles. The van der Waals surface area contributed by atoms with Crippen LogP contribution in [0, 0.1) is 22.9 Å². The van der Waals surface area contributed by atoms with E-state index in [1.165, 1.54) is 6.92 Å². The number of carbonyl (C=O) groups is 1. The van der Waals surface area contributed by atoms with Gasteiger partial charge < -0.3 is 10.4 Å². The molecule has 116 valence electrons. The van der Waals surface area contributed by atoms with Crippen molar-refractivity contribution in [3.63, 3.8) is 0 Å². The number of nitro benzene ring substituents is 1. The Morgan fingerprint density at radius 2 is 2.14 bits per heavy atom. The van der Waals surface area contributed by atoms with E-state index < -0.39 is 22.4 Å². The van der Waals surface area contributed by atoms with Gasteiger partial charge in [0.15, 0.2) is 0 Å². The lowest BCUT2D eigenvalue weighted by Gasteiger charge is -2.25. The largest absolute Gasteiger partial charge is 0.465 e. The lowest BCUT2D eigenvalue weighted by atomic mass is 9.93. The van der Waals surface area contributed by atoms with Crippen LogP contribution in [-0.2, 0) is 6.42 Å². The van der Waals surface area contributed by atoms with Crippen molar-refractivity contribution in [3.05, 3.63) is 37.6 Å². The summed E-state index contributed by atoms with van der Waals surface area (Å²) in [6.45, 7) is 4.82. The first-order valence-corrected chi connectivity index (χ1v) is 6.97. The fourth-order valence-corrected chi connectivity index (χ4v) is 2.49. The van der Waals surface area contributed by atoms with Crippen molar-refractivity contribution in [2.75, 3.05) is 0 Å². The molecule has 1 amide bonds. The average molecular weight is 363 g/mol. The van der Waals surface area contributed by atoms with Gasteiger partial charge in [-0.2, -0.15) is 0 Å². The van der Waals surface area contributed by atoms with Gasteiger partial charge in [0.1, 0.15) is 5.82 Å². The fraction of sp³-hybridized carbons (Fsp3) is 0.462. The average Bonchev–Trinajstić information content (AvgIpc) is 2.31. The lowest BCUT2D eigenvalue weighted by Crippen LogP contribution is -2.43. The van der Waals surface area contributed by atoms with Crippen LogP contribution in [0.2, 0.25) is 0 Å². The predicted molar refractivity (Wildman–Crippen MR) is 79.1 cm³/mol. The SMILES string of the molecule is Cc1c([N+](=O)[O-])cc(Br)c(F)c1CCC(C)(C)NC(=O)O. The van der Waals surface area contributed by atoms with Gasteiger partial charge >= 0.3 is 6.09 Å². The highest BCUT2D eigenvalue weighted by atomic mass is 79.9. The van der Waals surface area contributed by atoms with E-state index in [2.05, 4.69) is 21.2 Å². The highest BCUT2D eigenvalue weighted by Gasteiger charge is 2.25. The molecule has 0 bridgehead atoms. The quantitative estimate of drug-likeness (QED) is 0.615. The molecular formula is C13H16BrFN2O4. The zero-order valence-electron chi connectivity index (χ0n) is 11.9. The smallest absolute Gasteiger partial charge is 0.405 e. The third-order valence-electron chi connectivity index (χ3n) is 3.22. The predicted octanol–water partition coefficient (Wildman–Crippen LogP) is 3.78. The summed E-state index contributed by atoms with van der Waals surface area (Å²) in [4.78, 5) is 21.1. The monoisotopic (exact) mass is 362 g/mol. The Bertz CT molecular complexity index is 590. The number of carboxylic acid groups (broad SMARTS) is 1. The van der Waals surface area contributed by atoms with Crippen LogP contribution in [0.4, 0.5) is 14.9 Å². The van der Waals surface area contributed by atoms with Crippen LogP contribution in [0.1, 0.15) is 31.4 Å². The normalized spacial score (nSPS) is 11.3. The third-order valence-corrected chi connectivity index (χ3v) is 3.79. The van der Waals surface area contributed by atoms with E-state index in [1.807, 2.05) is 0 Å². The molecule has 2 N–H and O–H groups in total. The zero-order valence-corrected chi connectivity index (χ0v) is 13.5. The fourth-order valence-electron chi connectivity index (χ4n) is 2.03. The molecule has 0 atom stereocenters. The molecule has 1 rings (SSSR count). The third kappa shape index (κ3) is 4.38. The number of nitro groups is 1. The van der Waals surface area contributed by atoms with Crippen molar-refractivity contribution in [2.45, 2.75) is 39.2 Å². The van der Waals surface area contributed by atoms with Gasteiger partial charge in [-0.25, -0.2) is 9.18 Å². The molecule has 0 saturated heterocycles. The highest BCUT2D eigenvalue weighted by molar-refractivity contribution is 9.10. The summed E-state index contributed by atoms with van der Waals surface area (Å²) in [6, 6.07) is 1.13. The van der Waals surface area contributed by atoms with Crippen molar-refractivity contribution >= 4 is 27.7 Å². The summed E-state index contributed by atoms with van der Waals surface area (Å²) < 4.78 is 14.2. The summed E-state index contributed by atoms with van der Waals surface area (Å²) in [6.07, 6.45) is -0.673. The number of amides is 1. The van der Waals surface area contributed by atoms with Gasteiger partial charge in [-0.05, 0) is 55.1 Å². The van der Waals surface area contributed by atoms with Crippen LogP contribution in [0.15, 0.2) is 10.5 Å². The second-order valence-corrected chi connectivity index (χ2v) is 6.22. The molecule has 21 heavy (non-hydrogen) atoms. The maximum absolute atomic E-state index is 14.1. The number of rotatable bonds is 5.